The van der Waals surface area contributed by atoms with Gasteiger partial charge in [0.1, 0.15) is 5.82 Å². The van der Waals surface area contributed by atoms with Gasteiger partial charge in [-0.05, 0) is 6.07 Å². The Morgan fingerprint density at radius 1 is 1.38 bits per heavy atom. The van der Waals surface area contributed by atoms with Crippen LogP contribution in [0.25, 0.3) is 11.0 Å². The number of aryl methyl sites for hydroxylation is 1. The SMILES string of the molecule is Cn1c(CCN2CCOCC2)nc2cc([N+](=O)[O-])ccc21. The lowest BCUT2D eigenvalue weighted by Gasteiger charge is -2.26. The topological polar surface area (TPSA) is 73.4 Å². The number of imidazole rings is 1. The maximum absolute atomic E-state index is 10.8. The van der Waals surface area contributed by atoms with Crippen molar-refractivity contribution in [3.63, 3.8) is 0 Å². The second-order valence-corrected chi connectivity index (χ2v) is 5.22. The average Bonchev–Trinajstić information content (AvgIpc) is 2.82. The second-order valence-electron chi connectivity index (χ2n) is 5.22. The predicted octanol–water partition coefficient (Wildman–Crippen LogP) is 1.36. The molecule has 21 heavy (non-hydrogen) atoms. The maximum Gasteiger partial charge on any atom is 0.271 e. The first kappa shape index (κ1) is 14.0. The Labute approximate surface area is 122 Å². The minimum Gasteiger partial charge on any atom is -0.379 e. The second kappa shape index (κ2) is 5.79. The smallest absolute Gasteiger partial charge is 0.271 e. The summed E-state index contributed by atoms with van der Waals surface area (Å²) in [5.41, 5.74) is 1.70. The van der Waals surface area contributed by atoms with E-state index >= 15 is 0 Å². The van der Waals surface area contributed by atoms with Gasteiger partial charge in [0, 0.05) is 45.2 Å². The lowest BCUT2D eigenvalue weighted by molar-refractivity contribution is -0.384. The molecule has 2 aromatic rings. The number of nitro benzene ring substituents is 1. The van der Waals surface area contributed by atoms with Crippen molar-refractivity contribution in [3.8, 4) is 0 Å². The predicted molar refractivity (Wildman–Crippen MR) is 78.3 cm³/mol. The fourth-order valence-electron chi connectivity index (χ4n) is 2.66. The van der Waals surface area contributed by atoms with Crippen LogP contribution in [0.1, 0.15) is 5.82 Å². The summed E-state index contributed by atoms with van der Waals surface area (Å²) in [5, 5.41) is 10.8. The molecule has 7 heteroatoms. The van der Waals surface area contributed by atoms with E-state index in [0.29, 0.717) is 5.52 Å². The van der Waals surface area contributed by atoms with Crippen molar-refractivity contribution in [2.45, 2.75) is 6.42 Å². The van der Waals surface area contributed by atoms with Crippen LogP contribution in [0.15, 0.2) is 18.2 Å². The van der Waals surface area contributed by atoms with Gasteiger partial charge in [0.05, 0.1) is 29.2 Å². The van der Waals surface area contributed by atoms with Gasteiger partial charge < -0.3 is 9.30 Å². The summed E-state index contributed by atoms with van der Waals surface area (Å²) < 4.78 is 7.35. The Morgan fingerprint density at radius 2 is 2.14 bits per heavy atom. The summed E-state index contributed by atoms with van der Waals surface area (Å²) in [6.07, 6.45) is 0.832. The fraction of sp³-hybridized carbons (Fsp3) is 0.500. The van der Waals surface area contributed by atoms with Gasteiger partial charge in [0.25, 0.3) is 5.69 Å². The standard InChI is InChI=1S/C14H18N4O3/c1-16-13-3-2-11(18(19)20)10-12(13)15-14(16)4-5-17-6-8-21-9-7-17/h2-3,10H,4-9H2,1H3. The zero-order valence-electron chi connectivity index (χ0n) is 12.0. The molecule has 7 nitrogen and oxygen atoms in total. The average molecular weight is 290 g/mol. The molecule has 112 valence electrons. The fourth-order valence-corrected chi connectivity index (χ4v) is 2.66. The number of rotatable bonds is 4. The van der Waals surface area contributed by atoms with Crippen LogP contribution in [0, 0.1) is 10.1 Å². The van der Waals surface area contributed by atoms with Gasteiger partial charge in [-0.15, -0.1) is 0 Å². The first-order valence-corrected chi connectivity index (χ1v) is 7.05. The summed E-state index contributed by atoms with van der Waals surface area (Å²) in [4.78, 5) is 17.3. The minimum atomic E-state index is -0.387. The number of hydrogen-bond acceptors (Lipinski definition) is 5. The van der Waals surface area contributed by atoms with Gasteiger partial charge in [0.15, 0.2) is 0 Å². The van der Waals surface area contributed by atoms with Crippen molar-refractivity contribution < 1.29 is 9.66 Å². The molecule has 0 saturated carbocycles. The third-order valence-electron chi connectivity index (χ3n) is 3.92. The zero-order valence-corrected chi connectivity index (χ0v) is 12.0. The first-order chi connectivity index (χ1) is 10.1. The molecule has 3 rings (SSSR count). The summed E-state index contributed by atoms with van der Waals surface area (Å²) in [7, 11) is 1.95. The Balaban J connectivity index is 1.78. The molecule has 1 saturated heterocycles. The van der Waals surface area contributed by atoms with E-state index in [2.05, 4.69) is 9.88 Å². The van der Waals surface area contributed by atoms with E-state index in [0.717, 1.165) is 50.6 Å². The summed E-state index contributed by atoms with van der Waals surface area (Å²) in [6, 6.07) is 4.82. The Hall–Kier alpha value is -1.99. The minimum absolute atomic E-state index is 0.0836. The van der Waals surface area contributed by atoms with E-state index in [9.17, 15) is 10.1 Å². The summed E-state index contributed by atoms with van der Waals surface area (Å²) >= 11 is 0. The maximum atomic E-state index is 10.8. The molecule has 0 bridgehead atoms. The number of non-ortho nitro benzene ring substituents is 1. The number of hydrogen-bond donors (Lipinski definition) is 0. The van der Waals surface area contributed by atoms with E-state index < -0.39 is 0 Å². The molecule has 1 aromatic carbocycles. The first-order valence-electron chi connectivity index (χ1n) is 7.05. The molecular formula is C14H18N4O3. The van der Waals surface area contributed by atoms with Crippen molar-refractivity contribution in [3.05, 3.63) is 34.1 Å². The number of morpholine rings is 1. The molecule has 2 heterocycles. The highest BCUT2D eigenvalue weighted by molar-refractivity contribution is 5.78. The lowest BCUT2D eigenvalue weighted by atomic mass is 10.3. The van der Waals surface area contributed by atoms with Gasteiger partial charge >= 0.3 is 0 Å². The van der Waals surface area contributed by atoms with Crippen LogP contribution in [-0.4, -0.2) is 52.2 Å². The van der Waals surface area contributed by atoms with E-state index in [1.54, 1.807) is 6.07 Å². The molecule has 0 amide bonds. The van der Waals surface area contributed by atoms with E-state index in [1.807, 2.05) is 11.6 Å². The van der Waals surface area contributed by atoms with Crippen molar-refractivity contribution in [1.82, 2.24) is 14.5 Å². The van der Waals surface area contributed by atoms with Gasteiger partial charge in [0.2, 0.25) is 0 Å². The third kappa shape index (κ3) is 2.88. The van der Waals surface area contributed by atoms with Gasteiger partial charge in [-0.2, -0.15) is 0 Å². The molecule has 0 N–H and O–H groups in total. The molecule has 0 spiro atoms. The Bertz CT molecular complexity index is 662. The quantitative estimate of drug-likeness (QED) is 0.628. The zero-order chi connectivity index (χ0) is 14.8. The molecule has 1 fully saturated rings. The molecular weight excluding hydrogens is 272 g/mol. The number of aromatic nitrogens is 2. The molecule has 1 aliphatic heterocycles. The van der Waals surface area contributed by atoms with Crippen molar-refractivity contribution in [2.24, 2.45) is 7.05 Å². The van der Waals surface area contributed by atoms with E-state index in [1.165, 1.54) is 12.1 Å². The number of nitrogens with zero attached hydrogens (tertiary/aromatic N) is 4. The molecule has 0 radical (unpaired) electrons. The van der Waals surface area contributed by atoms with Crippen molar-refractivity contribution >= 4 is 16.7 Å². The summed E-state index contributed by atoms with van der Waals surface area (Å²) in [6.45, 7) is 4.41. The highest BCUT2D eigenvalue weighted by Gasteiger charge is 2.15. The van der Waals surface area contributed by atoms with E-state index in [4.69, 9.17) is 4.74 Å². The van der Waals surface area contributed by atoms with Crippen LogP contribution in [0.5, 0.6) is 0 Å². The van der Waals surface area contributed by atoms with Crippen LogP contribution in [-0.2, 0) is 18.2 Å². The molecule has 1 aromatic heterocycles. The Morgan fingerprint density at radius 3 is 2.86 bits per heavy atom. The van der Waals surface area contributed by atoms with Crippen LogP contribution < -0.4 is 0 Å². The Kier molecular flexibility index (Phi) is 3.85. The number of fused-ring (bicyclic) bond motifs is 1. The van der Waals surface area contributed by atoms with Gasteiger partial charge in [-0.1, -0.05) is 0 Å². The molecule has 0 aliphatic carbocycles. The normalized spacial score (nSPS) is 16.4. The van der Waals surface area contributed by atoms with Crippen LogP contribution in [0.2, 0.25) is 0 Å². The van der Waals surface area contributed by atoms with Gasteiger partial charge in [-0.3, -0.25) is 15.0 Å². The van der Waals surface area contributed by atoms with Crippen LogP contribution in [0.4, 0.5) is 5.69 Å². The van der Waals surface area contributed by atoms with Crippen LogP contribution in [0.3, 0.4) is 0 Å². The van der Waals surface area contributed by atoms with Crippen LogP contribution >= 0.6 is 0 Å². The van der Waals surface area contributed by atoms with E-state index in [-0.39, 0.29) is 10.6 Å². The summed E-state index contributed by atoms with van der Waals surface area (Å²) in [5.74, 6) is 0.956. The molecule has 1 aliphatic rings. The lowest BCUT2D eigenvalue weighted by Crippen LogP contribution is -2.37. The largest absolute Gasteiger partial charge is 0.379 e. The highest BCUT2D eigenvalue weighted by atomic mass is 16.6. The monoisotopic (exact) mass is 290 g/mol. The van der Waals surface area contributed by atoms with Gasteiger partial charge in [-0.25, -0.2) is 4.98 Å². The number of benzene rings is 1. The molecule has 0 atom stereocenters. The van der Waals surface area contributed by atoms with Crippen molar-refractivity contribution in [1.29, 1.82) is 0 Å². The highest BCUT2D eigenvalue weighted by Crippen LogP contribution is 2.21. The van der Waals surface area contributed by atoms with Crippen molar-refractivity contribution in [2.75, 3.05) is 32.8 Å². The third-order valence-corrected chi connectivity index (χ3v) is 3.92. The molecule has 0 unspecified atom stereocenters. The number of nitro groups is 1. The number of ether oxygens (including phenoxy) is 1.